The van der Waals surface area contributed by atoms with Crippen LogP contribution < -0.4 is 19.6 Å². The molecule has 0 aliphatic heterocycles. The van der Waals surface area contributed by atoms with Gasteiger partial charge in [0.1, 0.15) is 0 Å². The molecule has 8 heteroatoms. The minimum Gasteiger partial charge on any atom is -0.820 e. The predicted molar refractivity (Wildman–Crippen MR) is 20.7 cm³/mol. The Kier molecular flexibility index (Phi) is 10.2. The van der Waals surface area contributed by atoms with E-state index in [1.165, 1.54) is 0 Å². The van der Waals surface area contributed by atoms with E-state index in [4.69, 9.17) is 0 Å². The molecule has 0 bridgehead atoms. The van der Waals surface area contributed by atoms with Crippen LogP contribution in [0.5, 0.6) is 0 Å². The molecule has 3 radical (unpaired) electrons. The molecule has 0 aromatic carbocycles. The molecule has 0 fully saturated rings. The summed E-state index contributed by atoms with van der Waals surface area (Å²) in [5.74, 6) is 0. The molecular weight excluding hydrogens is 351 g/mol. The van der Waals surface area contributed by atoms with Gasteiger partial charge in [-0.05, 0) is 0 Å². The maximum atomic E-state index is 9.24. The molecule has 49 valence electrons. The van der Waals surface area contributed by atoms with E-state index >= 15 is 0 Å². The average molecular weight is 351 g/mol. The summed E-state index contributed by atoms with van der Waals surface area (Å²) < 4.78 is 3.16. The summed E-state index contributed by atoms with van der Waals surface area (Å²) in [6, 6.07) is 0. The SMILES string of the molecule is [Bi].[O-]P([O-])OP([O-])[O-]. The number of hydrogen-bond donors (Lipinski definition) is 0. The minimum atomic E-state index is -3.24. The number of rotatable bonds is 2. The predicted octanol–water partition coefficient (Wildman–Crippen LogP) is -3.48. The van der Waals surface area contributed by atoms with Crippen LogP contribution in [0.4, 0.5) is 0 Å². The van der Waals surface area contributed by atoms with Gasteiger partial charge in [0, 0.05) is 26.2 Å². The van der Waals surface area contributed by atoms with E-state index in [1.807, 2.05) is 0 Å². The summed E-state index contributed by atoms with van der Waals surface area (Å²) in [6.07, 6.45) is 0. The second-order valence-electron chi connectivity index (χ2n) is 0.529. The monoisotopic (exact) mass is 351 g/mol. The zero-order chi connectivity index (χ0) is 5.86. The number of hydrogen-bond acceptors (Lipinski definition) is 5. The van der Waals surface area contributed by atoms with E-state index in [0.717, 1.165) is 0 Å². The Labute approximate surface area is 67.4 Å². The Balaban J connectivity index is 0. The molecule has 0 amide bonds. The minimum absolute atomic E-state index is 0. The molecule has 0 aromatic heterocycles. The summed E-state index contributed by atoms with van der Waals surface area (Å²) in [4.78, 5) is 37.0. The molecule has 0 saturated heterocycles. The van der Waals surface area contributed by atoms with Crippen molar-refractivity contribution in [3.63, 3.8) is 0 Å². The van der Waals surface area contributed by atoms with E-state index in [1.54, 1.807) is 0 Å². The van der Waals surface area contributed by atoms with Crippen LogP contribution in [0.25, 0.3) is 0 Å². The van der Waals surface area contributed by atoms with Crippen molar-refractivity contribution in [1.29, 1.82) is 0 Å². The quantitative estimate of drug-likeness (QED) is 0.380. The van der Waals surface area contributed by atoms with Crippen molar-refractivity contribution in [3.8, 4) is 0 Å². The molecular formula is BiO5P2-4. The molecule has 0 atom stereocenters. The van der Waals surface area contributed by atoms with Crippen LogP contribution in [0, 0.1) is 0 Å². The molecule has 0 N–H and O–H groups in total. The van der Waals surface area contributed by atoms with Gasteiger partial charge in [0.15, 0.2) is 0 Å². The first-order chi connectivity index (χ1) is 3.13. The van der Waals surface area contributed by atoms with E-state index < -0.39 is 17.2 Å². The fourth-order valence-electron chi connectivity index (χ4n) is 0.0544. The first-order valence-electron chi connectivity index (χ1n) is 1.10. The van der Waals surface area contributed by atoms with Crippen LogP contribution in [0.3, 0.4) is 0 Å². The van der Waals surface area contributed by atoms with Crippen LogP contribution in [0.1, 0.15) is 0 Å². The Hall–Kier alpha value is 1.54. The second-order valence-corrected chi connectivity index (χ2v) is 2.08. The Morgan fingerprint density at radius 2 is 1.12 bits per heavy atom. The first kappa shape index (κ1) is 12.2. The van der Waals surface area contributed by atoms with Gasteiger partial charge in [0.05, 0.1) is 0 Å². The van der Waals surface area contributed by atoms with Gasteiger partial charge < -0.3 is 23.9 Å². The molecule has 5 nitrogen and oxygen atoms in total. The first-order valence-corrected chi connectivity index (χ1v) is 3.29. The third kappa shape index (κ3) is 10.5. The van der Waals surface area contributed by atoms with Crippen molar-refractivity contribution >= 4 is 43.4 Å². The van der Waals surface area contributed by atoms with Crippen LogP contribution >= 0.6 is 17.2 Å². The van der Waals surface area contributed by atoms with Crippen LogP contribution in [0.2, 0.25) is 0 Å². The van der Waals surface area contributed by atoms with Crippen molar-refractivity contribution in [2.45, 2.75) is 0 Å². The van der Waals surface area contributed by atoms with Gasteiger partial charge in [-0.15, -0.1) is 0 Å². The largest absolute Gasteiger partial charge is 0.820 e. The molecule has 0 aliphatic rings. The van der Waals surface area contributed by atoms with Crippen LogP contribution in [-0.4, -0.2) is 26.2 Å². The maximum absolute atomic E-state index is 9.24. The van der Waals surface area contributed by atoms with Crippen molar-refractivity contribution in [2.75, 3.05) is 0 Å². The Morgan fingerprint density at radius 1 is 0.875 bits per heavy atom. The van der Waals surface area contributed by atoms with E-state index in [0.29, 0.717) is 0 Å². The molecule has 0 unspecified atom stereocenters. The van der Waals surface area contributed by atoms with E-state index in [-0.39, 0.29) is 26.2 Å². The summed E-state index contributed by atoms with van der Waals surface area (Å²) in [7, 11) is -6.47. The standard InChI is InChI=1S/Bi.O5P2/c;1-6(2)5-7(3)4/q;-4. The van der Waals surface area contributed by atoms with Gasteiger partial charge >= 0.3 is 0 Å². The maximum Gasteiger partial charge on any atom is 0 e. The van der Waals surface area contributed by atoms with Crippen molar-refractivity contribution < 1.29 is 23.9 Å². The van der Waals surface area contributed by atoms with Crippen molar-refractivity contribution in [1.82, 2.24) is 0 Å². The molecule has 0 rings (SSSR count). The summed E-state index contributed by atoms with van der Waals surface area (Å²) in [5, 5.41) is 0. The summed E-state index contributed by atoms with van der Waals surface area (Å²) >= 11 is 0. The fourth-order valence-corrected chi connectivity index (χ4v) is 0.490. The molecule has 0 aliphatic carbocycles. The molecule has 0 saturated carbocycles. The van der Waals surface area contributed by atoms with Crippen LogP contribution in [-0.2, 0) is 4.31 Å². The molecule has 0 spiro atoms. The van der Waals surface area contributed by atoms with Gasteiger partial charge in [-0.25, -0.2) is 0 Å². The van der Waals surface area contributed by atoms with Gasteiger partial charge in [-0.3, -0.25) is 0 Å². The smallest absolute Gasteiger partial charge is 0 e. The topological polar surface area (TPSA) is 101 Å². The normalized spacial score (nSPS) is 9.75. The van der Waals surface area contributed by atoms with Gasteiger partial charge in [0.2, 0.25) is 0 Å². The van der Waals surface area contributed by atoms with E-state index in [2.05, 4.69) is 4.31 Å². The summed E-state index contributed by atoms with van der Waals surface area (Å²) in [5.41, 5.74) is 0. The summed E-state index contributed by atoms with van der Waals surface area (Å²) in [6.45, 7) is 0. The zero-order valence-electron chi connectivity index (χ0n) is 3.38. The third-order valence-electron chi connectivity index (χ3n) is 0.133. The van der Waals surface area contributed by atoms with Crippen molar-refractivity contribution in [2.24, 2.45) is 0 Å². The third-order valence-corrected chi connectivity index (χ3v) is 1.20. The molecule has 8 heavy (non-hydrogen) atoms. The molecule has 0 heterocycles. The van der Waals surface area contributed by atoms with Gasteiger partial charge in [0.25, 0.3) is 0 Å². The second kappa shape index (κ2) is 6.66. The van der Waals surface area contributed by atoms with Gasteiger partial charge in [-0.2, -0.15) is 17.2 Å². The average Bonchev–Trinajstić information content (AvgIpc) is 1.27. The van der Waals surface area contributed by atoms with Gasteiger partial charge in [-0.1, -0.05) is 0 Å². The fraction of sp³-hybridized carbons (Fsp3) is 0. The van der Waals surface area contributed by atoms with Crippen molar-refractivity contribution in [3.05, 3.63) is 0 Å². The molecule has 0 aromatic rings. The Bertz CT molecular complexity index is 39.7. The zero-order valence-corrected chi connectivity index (χ0v) is 8.65. The van der Waals surface area contributed by atoms with Crippen LogP contribution in [0.15, 0.2) is 0 Å². The Morgan fingerprint density at radius 3 is 1.12 bits per heavy atom. The van der Waals surface area contributed by atoms with E-state index in [9.17, 15) is 19.6 Å².